The molecule has 0 spiro atoms. The van der Waals surface area contributed by atoms with Gasteiger partial charge in [0, 0.05) is 17.1 Å². The fraction of sp³-hybridized carbons (Fsp3) is 0.250. The Morgan fingerprint density at radius 2 is 2.18 bits per heavy atom. The van der Waals surface area contributed by atoms with Crippen LogP contribution in [0.25, 0.3) is 10.9 Å². The van der Waals surface area contributed by atoms with E-state index >= 15 is 0 Å². The molecule has 2 heterocycles. The number of aliphatic carboxylic acids is 1. The van der Waals surface area contributed by atoms with Crippen molar-refractivity contribution in [3.63, 3.8) is 0 Å². The topological polar surface area (TPSA) is 80.1 Å². The smallest absolute Gasteiger partial charge is 0.305 e. The molecule has 0 aliphatic carbocycles. The highest BCUT2D eigenvalue weighted by Crippen LogP contribution is 2.30. The summed E-state index contributed by atoms with van der Waals surface area (Å²) in [6.07, 6.45) is 1.92. The van der Waals surface area contributed by atoms with Gasteiger partial charge in [-0.2, -0.15) is 5.10 Å². The first-order chi connectivity index (χ1) is 10.5. The van der Waals surface area contributed by atoms with Crippen LogP contribution in [0.4, 0.5) is 0 Å². The number of aromatic amines is 1. The van der Waals surface area contributed by atoms with Crippen molar-refractivity contribution in [2.24, 2.45) is 0 Å². The minimum absolute atomic E-state index is 0.0384. The first-order valence-electron chi connectivity index (χ1n) is 7.05. The maximum atomic E-state index is 10.7. The molecule has 6 heteroatoms. The highest BCUT2D eigenvalue weighted by Gasteiger charge is 2.14. The van der Waals surface area contributed by atoms with Gasteiger partial charge in [0.25, 0.3) is 0 Å². The summed E-state index contributed by atoms with van der Waals surface area (Å²) in [5.41, 5.74) is 2.63. The molecule has 2 N–H and O–H groups in total. The number of ether oxygens (including phenoxy) is 1. The lowest BCUT2D eigenvalue weighted by Gasteiger charge is -2.07. The van der Waals surface area contributed by atoms with Crippen molar-refractivity contribution in [3.8, 4) is 11.5 Å². The number of aryl methyl sites for hydroxylation is 2. The summed E-state index contributed by atoms with van der Waals surface area (Å²) in [6.45, 7) is 4.07. The van der Waals surface area contributed by atoms with Crippen molar-refractivity contribution in [1.82, 2.24) is 14.8 Å². The zero-order chi connectivity index (χ0) is 15.7. The monoisotopic (exact) mass is 299 g/mol. The van der Waals surface area contributed by atoms with Crippen LogP contribution in [0, 0.1) is 13.8 Å². The number of carbonyl (C=O) groups is 1. The molecule has 0 radical (unpaired) electrons. The summed E-state index contributed by atoms with van der Waals surface area (Å²) in [4.78, 5) is 13.8. The van der Waals surface area contributed by atoms with E-state index in [1.54, 1.807) is 4.68 Å². The lowest BCUT2D eigenvalue weighted by molar-refractivity contribution is -0.137. The van der Waals surface area contributed by atoms with Gasteiger partial charge in [-0.05, 0) is 38.1 Å². The van der Waals surface area contributed by atoms with Gasteiger partial charge in [-0.1, -0.05) is 0 Å². The Balaban J connectivity index is 1.86. The van der Waals surface area contributed by atoms with Crippen molar-refractivity contribution in [2.75, 3.05) is 0 Å². The standard InChI is InChI=1S/C16H17N3O3/c1-10-16(11(2)19(18-10)8-6-15(20)21)22-13-3-4-14-12(9-13)5-7-17-14/h3-5,7,9,17H,6,8H2,1-2H3,(H,20,21). The molecule has 0 saturated heterocycles. The molecule has 0 bridgehead atoms. The number of H-pyrrole nitrogens is 1. The molecule has 1 aromatic carbocycles. The Morgan fingerprint density at radius 1 is 1.36 bits per heavy atom. The summed E-state index contributed by atoms with van der Waals surface area (Å²) in [5.74, 6) is 0.573. The van der Waals surface area contributed by atoms with E-state index < -0.39 is 5.97 Å². The van der Waals surface area contributed by atoms with E-state index in [1.165, 1.54) is 0 Å². The normalized spacial score (nSPS) is 11.0. The summed E-state index contributed by atoms with van der Waals surface area (Å²) in [7, 11) is 0. The van der Waals surface area contributed by atoms with Gasteiger partial charge in [-0.3, -0.25) is 9.48 Å². The Bertz CT molecular complexity index is 832. The van der Waals surface area contributed by atoms with Gasteiger partial charge < -0.3 is 14.8 Å². The van der Waals surface area contributed by atoms with Crippen LogP contribution in [-0.4, -0.2) is 25.8 Å². The molecule has 3 aromatic rings. The number of benzene rings is 1. The SMILES string of the molecule is Cc1nn(CCC(=O)O)c(C)c1Oc1ccc2[nH]ccc2c1. The maximum Gasteiger partial charge on any atom is 0.305 e. The zero-order valence-corrected chi connectivity index (χ0v) is 12.5. The molecule has 0 fully saturated rings. The van der Waals surface area contributed by atoms with Gasteiger partial charge in [-0.15, -0.1) is 0 Å². The molecular weight excluding hydrogens is 282 g/mol. The molecular formula is C16H17N3O3. The van der Waals surface area contributed by atoms with E-state index in [9.17, 15) is 4.79 Å². The van der Waals surface area contributed by atoms with E-state index in [2.05, 4.69) is 10.1 Å². The second-order valence-electron chi connectivity index (χ2n) is 5.20. The Morgan fingerprint density at radius 3 is 2.95 bits per heavy atom. The minimum Gasteiger partial charge on any atom is -0.481 e. The molecule has 0 atom stereocenters. The van der Waals surface area contributed by atoms with Crippen molar-refractivity contribution in [3.05, 3.63) is 41.9 Å². The van der Waals surface area contributed by atoms with Gasteiger partial charge >= 0.3 is 5.97 Å². The molecule has 114 valence electrons. The number of hydrogen-bond acceptors (Lipinski definition) is 3. The highest BCUT2D eigenvalue weighted by atomic mass is 16.5. The molecule has 0 aliphatic rings. The number of aromatic nitrogens is 3. The van der Waals surface area contributed by atoms with Gasteiger partial charge in [-0.25, -0.2) is 0 Å². The minimum atomic E-state index is -0.840. The molecule has 3 rings (SSSR count). The largest absolute Gasteiger partial charge is 0.481 e. The van der Waals surface area contributed by atoms with Crippen LogP contribution in [0.1, 0.15) is 17.8 Å². The van der Waals surface area contributed by atoms with Gasteiger partial charge in [0.15, 0.2) is 5.75 Å². The second-order valence-corrected chi connectivity index (χ2v) is 5.20. The maximum absolute atomic E-state index is 10.7. The van der Waals surface area contributed by atoms with Gasteiger partial charge in [0.1, 0.15) is 11.4 Å². The molecule has 0 aliphatic heterocycles. The predicted molar refractivity (Wildman–Crippen MR) is 82.3 cm³/mol. The summed E-state index contributed by atoms with van der Waals surface area (Å²) in [6, 6.07) is 7.80. The Hall–Kier alpha value is -2.76. The molecule has 22 heavy (non-hydrogen) atoms. The van der Waals surface area contributed by atoms with Crippen molar-refractivity contribution >= 4 is 16.9 Å². The number of fused-ring (bicyclic) bond motifs is 1. The van der Waals surface area contributed by atoms with Crippen LogP contribution in [0.3, 0.4) is 0 Å². The molecule has 0 unspecified atom stereocenters. The second kappa shape index (κ2) is 5.55. The first kappa shape index (κ1) is 14.2. The van der Waals surface area contributed by atoms with Crippen molar-refractivity contribution < 1.29 is 14.6 Å². The van der Waals surface area contributed by atoms with Crippen molar-refractivity contribution in [1.29, 1.82) is 0 Å². The van der Waals surface area contributed by atoms with E-state index in [4.69, 9.17) is 9.84 Å². The summed E-state index contributed by atoms with van der Waals surface area (Å²) < 4.78 is 7.63. The fourth-order valence-corrected chi connectivity index (χ4v) is 2.46. The number of rotatable bonds is 5. The highest BCUT2D eigenvalue weighted by molar-refractivity contribution is 5.80. The Labute approximate surface area is 127 Å². The molecule has 6 nitrogen and oxygen atoms in total. The van der Waals surface area contributed by atoms with Crippen molar-refractivity contribution in [2.45, 2.75) is 26.8 Å². The lowest BCUT2D eigenvalue weighted by atomic mass is 10.2. The number of nitrogens with one attached hydrogen (secondary N) is 1. The Kier molecular flexibility index (Phi) is 3.58. The average Bonchev–Trinajstić information content (AvgIpc) is 3.04. The van der Waals surface area contributed by atoms with Gasteiger partial charge in [0.05, 0.1) is 18.7 Å². The lowest BCUT2D eigenvalue weighted by Crippen LogP contribution is -2.07. The zero-order valence-electron chi connectivity index (χ0n) is 12.5. The fourth-order valence-electron chi connectivity index (χ4n) is 2.46. The van der Waals surface area contributed by atoms with Crippen LogP contribution >= 0.6 is 0 Å². The number of hydrogen-bond donors (Lipinski definition) is 2. The summed E-state index contributed by atoms with van der Waals surface area (Å²) in [5, 5.41) is 14.2. The third-order valence-electron chi connectivity index (χ3n) is 3.60. The van der Waals surface area contributed by atoms with E-state index in [0.29, 0.717) is 12.3 Å². The van der Waals surface area contributed by atoms with Crippen LogP contribution in [-0.2, 0) is 11.3 Å². The third kappa shape index (κ3) is 2.67. The van der Waals surface area contributed by atoms with E-state index in [-0.39, 0.29) is 6.42 Å². The molecule has 0 saturated carbocycles. The van der Waals surface area contributed by atoms with Crippen LogP contribution in [0.2, 0.25) is 0 Å². The quantitative estimate of drug-likeness (QED) is 0.758. The first-order valence-corrected chi connectivity index (χ1v) is 7.05. The van der Waals surface area contributed by atoms with E-state index in [0.717, 1.165) is 28.0 Å². The van der Waals surface area contributed by atoms with Crippen LogP contribution < -0.4 is 4.74 Å². The summed E-state index contributed by atoms with van der Waals surface area (Å²) >= 11 is 0. The van der Waals surface area contributed by atoms with E-state index in [1.807, 2.05) is 44.3 Å². The predicted octanol–water partition coefficient (Wildman–Crippen LogP) is 3.25. The van der Waals surface area contributed by atoms with Crippen LogP contribution in [0.5, 0.6) is 11.5 Å². The number of nitrogens with zero attached hydrogens (tertiary/aromatic N) is 2. The van der Waals surface area contributed by atoms with Gasteiger partial charge in [0.2, 0.25) is 0 Å². The molecule has 2 aromatic heterocycles. The third-order valence-corrected chi connectivity index (χ3v) is 3.60. The average molecular weight is 299 g/mol. The number of carboxylic acids is 1. The number of carboxylic acid groups (broad SMARTS) is 1. The van der Waals surface area contributed by atoms with Crippen LogP contribution in [0.15, 0.2) is 30.5 Å². The molecule has 0 amide bonds.